The van der Waals surface area contributed by atoms with Gasteiger partial charge in [0.05, 0.1) is 5.56 Å². The van der Waals surface area contributed by atoms with Crippen LogP contribution in [0.4, 0.5) is 23.2 Å². The maximum absolute atomic E-state index is 13.0. The highest BCUT2D eigenvalue weighted by Crippen LogP contribution is 2.33. The molecular formula is C12H13F4N. The Hall–Kier alpha value is -1.26. The standard InChI is InChI=1S/C12H13F4N/c1-8-4-9(12(14,15)16)6-11(5-8)17-3-2-10(13)7-17/h4-6,10H,2-3,7H2,1H3/t10-/m1/s1. The van der Waals surface area contributed by atoms with Crippen LogP contribution in [-0.2, 0) is 6.18 Å². The van der Waals surface area contributed by atoms with Gasteiger partial charge in [-0.15, -0.1) is 0 Å². The molecule has 2 rings (SSSR count). The third-order valence-corrected chi connectivity index (χ3v) is 2.89. The molecule has 0 amide bonds. The summed E-state index contributed by atoms with van der Waals surface area (Å²) in [6.07, 6.45) is -4.91. The van der Waals surface area contributed by atoms with Crippen LogP contribution in [0.1, 0.15) is 17.5 Å². The Morgan fingerprint density at radius 3 is 2.47 bits per heavy atom. The van der Waals surface area contributed by atoms with Gasteiger partial charge in [-0.05, 0) is 37.1 Å². The van der Waals surface area contributed by atoms with Gasteiger partial charge in [0.2, 0.25) is 0 Å². The molecule has 0 aliphatic carbocycles. The van der Waals surface area contributed by atoms with Crippen LogP contribution in [0.25, 0.3) is 0 Å². The molecular weight excluding hydrogens is 234 g/mol. The zero-order valence-electron chi connectivity index (χ0n) is 9.39. The van der Waals surface area contributed by atoms with Gasteiger partial charge < -0.3 is 4.90 Å². The van der Waals surface area contributed by atoms with Crippen LogP contribution < -0.4 is 4.90 Å². The number of benzene rings is 1. The Morgan fingerprint density at radius 1 is 1.24 bits per heavy atom. The summed E-state index contributed by atoms with van der Waals surface area (Å²) < 4.78 is 50.9. The van der Waals surface area contributed by atoms with Crippen molar-refractivity contribution >= 4 is 5.69 Å². The van der Waals surface area contributed by atoms with Gasteiger partial charge in [-0.1, -0.05) is 0 Å². The number of hydrogen-bond acceptors (Lipinski definition) is 1. The smallest absolute Gasteiger partial charge is 0.368 e. The summed E-state index contributed by atoms with van der Waals surface area (Å²) in [6.45, 7) is 2.27. The maximum Gasteiger partial charge on any atom is 0.416 e. The average molecular weight is 247 g/mol. The molecule has 1 atom stereocenters. The van der Waals surface area contributed by atoms with E-state index in [4.69, 9.17) is 0 Å². The lowest BCUT2D eigenvalue weighted by molar-refractivity contribution is -0.137. The zero-order chi connectivity index (χ0) is 12.6. The minimum atomic E-state index is -4.35. The van der Waals surface area contributed by atoms with Crippen molar-refractivity contribution in [2.75, 3.05) is 18.0 Å². The van der Waals surface area contributed by atoms with Gasteiger partial charge in [-0.3, -0.25) is 0 Å². The molecule has 1 aliphatic rings. The molecule has 0 unspecified atom stereocenters. The topological polar surface area (TPSA) is 3.24 Å². The summed E-state index contributed by atoms with van der Waals surface area (Å²) in [7, 11) is 0. The van der Waals surface area contributed by atoms with Crippen LogP contribution >= 0.6 is 0 Å². The van der Waals surface area contributed by atoms with Crippen molar-refractivity contribution in [2.45, 2.75) is 25.7 Å². The lowest BCUT2D eigenvalue weighted by Crippen LogP contribution is -2.20. The van der Waals surface area contributed by atoms with Crippen molar-refractivity contribution in [1.82, 2.24) is 0 Å². The second-order valence-corrected chi connectivity index (χ2v) is 4.39. The number of anilines is 1. The number of rotatable bonds is 1. The third-order valence-electron chi connectivity index (χ3n) is 2.89. The van der Waals surface area contributed by atoms with Gasteiger partial charge in [0.15, 0.2) is 0 Å². The normalized spacial score (nSPS) is 21.0. The van der Waals surface area contributed by atoms with Gasteiger partial charge >= 0.3 is 6.18 Å². The molecule has 0 bridgehead atoms. The van der Waals surface area contributed by atoms with Crippen molar-refractivity contribution < 1.29 is 17.6 Å². The highest BCUT2D eigenvalue weighted by atomic mass is 19.4. The van der Waals surface area contributed by atoms with E-state index in [0.717, 1.165) is 12.1 Å². The van der Waals surface area contributed by atoms with Gasteiger partial charge in [-0.2, -0.15) is 13.2 Å². The van der Waals surface area contributed by atoms with E-state index in [1.54, 1.807) is 17.9 Å². The van der Waals surface area contributed by atoms with Crippen molar-refractivity contribution in [3.05, 3.63) is 29.3 Å². The van der Waals surface area contributed by atoms with E-state index in [9.17, 15) is 17.6 Å². The van der Waals surface area contributed by atoms with E-state index in [1.807, 2.05) is 0 Å². The van der Waals surface area contributed by atoms with Gasteiger partial charge in [0.1, 0.15) is 6.17 Å². The van der Waals surface area contributed by atoms with Crippen molar-refractivity contribution in [3.63, 3.8) is 0 Å². The molecule has 1 aromatic carbocycles. The highest BCUT2D eigenvalue weighted by Gasteiger charge is 2.32. The van der Waals surface area contributed by atoms with Crippen molar-refractivity contribution in [1.29, 1.82) is 0 Å². The Bertz CT molecular complexity index is 413. The number of aryl methyl sites for hydroxylation is 1. The molecule has 1 saturated heterocycles. The van der Waals surface area contributed by atoms with Gasteiger partial charge in [0.25, 0.3) is 0 Å². The minimum Gasteiger partial charge on any atom is -0.368 e. The first-order valence-corrected chi connectivity index (χ1v) is 5.44. The predicted molar refractivity (Wildman–Crippen MR) is 57.9 cm³/mol. The number of alkyl halides is 4. The molecule has 0 spiro atoms. The van der Waals surface area contributed by atoms with Crippen LogP contribution in [0.5, 0.6) is 0 Å². The largest absolute Gasteiger partial charge is 0.416 e. The molecule has 1 heterocycles. The quantitative estimate of drug-likeness (QED) is 0.686. The molecule has 1 nitrogen and oxygen atoms in total. The second kappa shape index (κ2) is 4.20. The Morgan fingerprint density at radius 2 is 1.94 bits per heavy atom. The number of halogens is 4. The third kappa shape index (κ3) is 2.70. The SMILES string of the molecule is Cc1cc(N2CC[C@@H](F)C2)cc(C(F)(F)F)c1. The lowest BCUT2D eigenvalue weighted by atomic mass is 10.1. The summed E-state index contributed by atoms with van der Waals surface area (Å²) in [5.41, 5.74) is 0.324. The molecule has 17 heavy (non-hydrogen) atoms. The Kier molecular flexibility index (Phi) is 3.02. The van der Waals surface area contributed by atoms with Crippen LogP contribution in [0, 0.1) is 6.92 Å². The molecule has 5 heteroatoms. The molecule has 0 saturated carbocycles. The van der Waals surface area contributed by atoms with Gasteiger partial charge in [-0.25, -0.2) is 4.39 Å². The Labute approximate surface area is 97.0 Å². The monoisotopic (exact) mass is 247 g/mol. The highest BCUT2D eigenvalue weighted by molar-refractivity contribution is 5.52. The first-order chi connectivity index (χ1) is 7.86. The summed E-state index contributed by atoms with van der Waals surface area (Å²) in [6, 6.07) is 3.85. The van der Waals surface area contributed by atoms with E-state index in [-0.39, 0.29) is 6.54 Å². The summed E-state index contributed by atoms with van der Waals surface area (Å²) in [5, 5.41) is 0. The first kappa shape index (κ1) is 12.2. The van der Waals surface area contributed by atoms with Crippen LogP contribution in [0.2, 0.25) is 0 Å². The summed E-state index contributed by atoms with van der Waals surface area (Å²) in [4.78, 5) is 1.66. The minimum absolute atomic E-state index is 0.181. The molecule has 1 aromatic rings. The zero-order valence-corrected chi connectivity index (χ0v) is 9.39. The summed E-state index contributed by atoms with van der Waals surface area (Å²) in [5.74, 6) is 0. The van der Waals surface area contributed by atoms with E-state index >= 15 is 0 Å². The number of hydrogen-bond donors (Lipinski definition) is 0. The predicted octanol–water partition coefficient (Wildman–Crippen LogP) is 3.56. The Balaban J connectivity index is 2.32. The molecule has 1 fully saturated rings. The van der Waals surface area contributed by atoms with E-state index in [0.29, 0.717) is 24.2 Å². The van der Waals surface area contributed by atoms with E-state index in [2.05, 4.69) is 0 Å². The molecule has 0 radical (unpaired) electrons. The molecule has 94 valence electrons. The number of nitrogens with zero attached hydrogens (tertiary/aromatic N) is 1. The second-order valence-electron chi connectivity index (χ2n) is 4.39. The van der Waals surface area contributed by atoms with Crippen LogP contribution in [-0.4, -0.2) is 19.3 Å². The van der Waals surface area contributed by atoms with E-state index < -0.39 is 17.9 Å². The lowest BCUT2D eigenvalue weighted by Gasteiger charge is -2.20. The first-order valence-electron chi connectivity index (χ1n) is 5.44. The fourth-order valence-electron chi connectivity index (χ4n) is 2.06. The molecule has 0 aromatic heterocycles. The molecule has 0 N–H and O–H groups in total. The van der Waals surface area contributed by atoms with Gasteiger partial charge in [0, 0.05) is 18.8 Å². The van der Waals surface area contributed by atoms with E-state index in [1.165, 1.54) is 0 Å². The van der Waals surface area contributed by atoms with Crippen LogP contribution in [0.15, 0.2) is 18.2 Å². The van der Waals surface area contributed by atoms with Crippen molar-refractivity contribution in [2.24, 2.45) is 0 Å². The van der Waals surface area contributed by atoms with Crippen molar-refractivity contribution in [3.8, 4) is 0 Å². The fourth-order valence-corrected chi connectivity index (χ4v) is 2.06. The van der Waals surface area contributed by atoms with Crippen LogP contribution in [0.3, 0.4) is 0 Å². The average Bonchev–Trinajstić information content (AvgIpc) is 2.62. The summed E-state index contributed by atoms with van der Waals surface area (Å²) >= 11 is 0. The maximum atomic E-state index is 13.0. The fraction of sp³-hybridized carbons (Fsp3) is 0.500. The molecule has 1 aliphatic heterocycles.